The lowest BCUT2D eigenvalue weighted by Gasteiger charge is -2.09. The van der Waals surface area contributed by atoms with Gasteiger partial charge in [-0.1, -0.05) is 24.3 Å². The van der Waals surface area contributed by atoms with Gasteiger partial charge in [-0.2, -0.15) is 0 Å². The number of hydrogen-bond donors (Lipinski definition) is 2. The summed E-state index contributed by atoms with van der Waals surface area (Å²) in [7, 11) is 0. The molecule has 16 heavy (non-hydrogen) atoms. The molecule has 2 aromatic carbocycles. The molecule has 2 nitrogen and oxygen atoms in total. The predicted octanol–water partition coefficient (Wildman–Crippen LogP) is 3.59. The van der Waals surface area contributed by atoms with Gasteiger partial charge < -0.3 is 10.4 Å². The molecule has 0 amide bonds. The van der Waals surface area contributed by atoms with Crippen LogP contribution in [0.4, 0.5) is 5.69 Å². The van der Waals surface area contributed by atoms with Gasteiger partial charge in [0.1, 0.15) is 5.75 Å². The number of anilines is 1. The lowest BCUT2D eigenvalue weighted by molar-refractivity contribution is 0.481. The van der Waals surface area contributed by atoms with Crippen LogP contribution in [0.2, 0.25) is 0 Å². The predicted molar refractivity (Wildman–Crippen MR) is 69.4 cm³/mol. The first kappa shape index (κ1) is 11.1. The van der Waals surface area contributed by atoms with Gasteiger partial charge in [-0.3, -0.25) is 0 Å². The average Bonchev–Trinajstić information content (AvgIpc) is 2.31. The molecule has 0 aliphatic heterocycles. The molecule has 0 spiro atoms. The molecule has 0 fully saturated rings. The maximum absolute atomic E-state index is 9.72. The van der Waals surface area contributed by atoms with Crippen LogP contribution in [-0.2, 0) is 0 Å². The molecule has 0 aliphatic rings. The number of hydrogen-bond acceptors (Lipinski definition) is 2. The minimum Gasteiger partial charge on any atom is -0.507 e. The summed E-state index contributed by atoms with van der Waals surface area (Å²) in [5.74, 6) is 0.974. The number of rotatable bonds is 4. The number of phenolic OH excluding ortho intramolecular Hbond substituents is 1. The van der Waals surface area contributed by atoms with E-state index in [1.165, 1.54) is 0 Å². The van der Waals surface area contributed by atoms with E-state index in [0.717, 1.165) is 29.4 Å². The Balaban J connectivity index is 2.34. The van der Waals surface area contributed by atoms with Crippen molar-refractivity contribution in [3.8, 4) is 5.75 Å². The normalized spacial score (nSPS) is 10.6. The highest BCUT2D eigenvalue weighted by Gasteiger charge is 2.02. The van der Waals surface area contributed by atoms with Gasteiger partial charge in [0.25, 0.3) is 0 Å². The SMILES string of the molecule is Oc1cccc2c(NCCCCl)cccc12. The van der Waals surface area contributed by atoms with Crippen LogP contribution in [0.25, 0.3) is 10.8 Å². The van der Waals surface area contributed by atoms with E-state index < -0.39 is 0 Å². The minimum atomic E-state index is 0.318. The first-order valence-electron chi connectivity index (χ1n) is 5.33. The first-order valence-corrected chi connectivity index (χ1v) is 5.87. The van der Waals surface area contributed by atoms with E-state index in [4.69, 9.17) is 11.6 Å². The third kappa shape index (κ3) is 2.22. The van der Waals surface area contributed by atoms with Gasteiger partial charge in [0.2, 0.25) is 0 Å². The van der Waals surface area contributed by atoms with Crippen molar-refractivity contribution in [1.82, 2.24) is 0 Å². The molecule has 2 aromatic rings. The van der Waals surface area contributed by atoms with E-state index >= 15 is 0 Å². The van der Waals surface area contributed by atoms with Crippen molar-refractivity contribution in [3.05, 3.63) is 36.4 Å². The maximum Gasteiger partial charge on any atom is 0.123 e. The molecule has 0 radical (unpaired) electrons. The fourth-order valence-electron chi connectivity index (χ4n) is 1.74. The summed E-state index contributed by atoms with van der Waals surface area (Å²) in [6.45, 7) is 0.846. The highest BCUT2D eigenvalue weighted by atomic mass is 35.5. The highest BCUT2D eigenvalue weighted by molar-refractivity contribution is 6.17. The molecule has 3 heteroatoms. The Labute approximate surface area is 99.9 Å². The number of halogens is 1. The van der Waals surface area contributed by atoms with Crippen molar-refractivity contribution in [2.24, 2.45) is 0 Å². The second-order valence-corrected chi connectivity index (χ2v) is 4.03. The molecule has 0 unspecified atom stereocenters. The molecule has 0 saturated carbocycles. The molecular formula is C13H14ClNO. The molecule has 2 N–H and O–H groups in total. The Morgan fingerprint density at radius 3 is 2.62 bits per heavy atom. The molecule has 0 aromatic heterocycles. The molecule has 2 rings (SSSR count). The van der Waals surface area contributed by atoms with Crippen molar-refractivity contribution in [2.75, 3.05) is 17.7 Å². The van der Waals surface area contributed by atoms with Gasteiger partial charge in [0.05, 0.1) is 0 Å². The third-order valence-electron chi connectivity index (χ3n) is 2.52. The van der Waals surface area contributed by atoms with E-state index in [2.05, 4.69) is 5.32 Å². The Hall–Kier alpha value is -1.41. The molecular weight excluding hydrogens is 222 g/mol. The smallest absolute Gasteiger partial charge is 0.123 e. The lowest BCUT2D eigenvalue weighted by atomic mass is 10.1. The Kier molecular flexibility index (Phi) is 3.52. The molecule has 84 valence electrons. The quantitative estimate of drug-likeness (QED) is 0.627. The summed E-state index contributed by atoms with van der Waals surface area (Å²) in [6, 6.07) is 11.4. The van der Waals surface area contributed by atoms with Crippen LogP contribution in [0.15, 0.2) is 36.4 Å². The zero-order valence-electron chi connectivity index (χ0n) is 8.91. The van der Waals surface area contributed by atoms with Crippen molar-refractivity contribution in [1.29, 1.82) is 0 Å². The fourth-order valence-corrected chi connectivity index (χ4v) is 1.87. The lowest BCUT2D eigenvalue weighted by Crippen LogP contribution is -2.02. The van der Waals surface area contributed by atoms with E-state index in [0.29, 0.717) is 11.6 Å². The van der Waals surface area contributed by atoms with E-state index in [1.54, 1.807) is 6.07 Å². The fraction of sp³-hybridized carbons (Fsp3) is 0.231. The highest BCUT2D eigenvalue weighted by Crippen LogP contribution is 2.29. The first-order chi connectivity index (χ1) is 7.83. The molecule has 0 atom stereocenters. The second kappa shape index (κ2) is 5.08. The van der Waals surface area contributed by atoms with Crippen LogP contribution in [-0.4, -0.2) is 17.5 Å². The third-order valence-corrected chi connectivity index (χ3v) is 2.79. The van der Waals surface area contributed by atoms with Crippen molar-refractivity contribution in [3.63, 3.8) is 0 Å². The zero-order chi connectivity index (χ0) is 11.4. The van der Waals surface area contributed by atoms with Gasteiger partial charge in [-0.25, -0.2) is 0 Å². The Morgan fingerprint density at radius 1 is 1.06 bits per heavy atom. The van der Waals surface area contributed by atoms with Crippen molar-refractivity contribution in [2.45, 2.75) is 6.42 Å². The number of nitrogens with one attached hydrogen (secondary N) is 1. The van der Waals surface area contributed by atoms with Crippen molar-refractivity contribution >= 4 is 28.1 Å². The molecule has 0 aliphatic carbocycles. The van der Waals surface area contributed by atoms with Crippen LogP contribution in [0.3, 0.4) is 0 Å². The summed E-state index contributed by atoms with van der Waals surface area (Å²) in [4.78, 5) is 0. The molecule has 0 saturated heterocycles. The van der Waals surface area contributed by atoms with E-state index in [-0.39, 0.29) is 0 Å². The van der Waals surface area contributed by atoms with Crippen LogP contribution in [0, 0.1) is 0 Å². The largest absolute Gasteiger partial charge is 0.507 e. The van der Waals surface area contributed by atoms with Crippen LogP contribution in [0.1, 0.15) is 6.42 Å². The number of aromatic hydroxyl groups is 1. The summed E-state index contributed by atoms with van der Waals surface area (Å²) in [5.41, 5.74) is 1.04. The number of fused-ring (bicyclic) bond motifs is 1. The molecule has 0 heterocycles. The van der Waals surface area contributed by atoms with Crippen molar-refractivity contribution < 1.29 is 5.11 Å². The average molecular weight is 236 g/mol. The zero-order valence-corrected chi connectivity index (χ0v) is 9.67. The monoisotopic (exact) mass is 235 g/mol. The Bertz CT molecular complexity index is 484. The van der Waals surface area contributed by atoms with Gasteiger partial charge in [-0.15, -0.1) is 11.6 Å². The maximum atomic E-state index is 9.72. The van der Waals surface area contributed by atoms with Crippen LogP contribution >= 0.6 is 11.6 Å². The second-order valence-electron chi connectivity index (χ2n) is 3.65. The van der Waals surface area contributed by atoms with Crippen LogP contribution < -0.4 is 5.32 Å². The van der Waals surface area contributed by atoms with Gasteiger partial charge in [0, 0.05) is 28.9 Å². The summed E-state index contributed by atoms with van der Waals surface area (Å²) in [6.07, 6.45) is 0.927. The Morgan fingerprint density at radius 2 is 1.81 bits per heavy atom. The number of alkyl halides is 1. The van der Waals surface area contributed by atoms with E-state index in [9.17, 15) is 5.11 Å². The standard InChI is InChI=1S/C13H14ClNO/c14-8-3-9-15-12-6-1-5-11-10(12)4-2-7-13(11)16/h1-2,4-7,15-16H,3,8-9H2. The number of phenols is 1. The van der Waals surface area contributed by atoms with Crippen LogP contribution in [0.5, 0.6) is 5.75 Å². The number of benzene rings is 2. The molecule has 0 bridgehead atoms. The summed E-state index contributed by atoms with van der Waals surface area (Å²) < 4.78 is 0. The van der Waals surface area contributed by atoms with Gasteiger partial charge in [-0.05, 0) is 18.6 Å². The topological polar surface area (TPSA) is 32.3 Å². The van der Waals surface area contributed by atoms with Gasteiger partial charge in [0.15, 0.2) is 0 Å². The summed E-state index contributed by atoms with van der Waals surface area (Å²) in [5, 5.41) is 15.0. The van der Waals surface area contributed by atoms with E-state index in [1.807, 2.05) is 30.3 Å². The minimum absolute atomic E-state index is 0.318. The summed E-state index contributed by atoms with van der Waals surface area (Å²) >= 11 is 5.63. The van der Waals surface area contributed by atoms with Gasteiger partial charge >= 0.3 is 0 Å².